The molecular weight excluding hydrogens is 635 g/mol. The number of methoxy groups -OCH3 is 1. The summed E-state index contributed by atoms with van der Waals surface area (Å²) in [5.41, 5.74) is 4.40. The van der Waals surface area contributed by atoms with Gasteiger partial charge in [0.25, 0.3) is 5.91 Å². The second-order valence-electron chi connectivity index (χ2n) is 9.93. The molecule has 248 valence electrons. The van der Waals surface area contributed by atoms with Crippen molar-refractivity contribution in [2.75, 3.05) is 26.9 Å². The minimum Gasteiger partial charge on any atom is -0.493 e. The Hall–Kier alpha value is -5.30. The fraction of sp³-hybridized carbons (Fsp3) is 0.273. The minimum atomic E-state index is -0.799. The van der Waals surface area contributed by atoms with Gasteiger partial charge in [-0.1, -0.05) is 35.9 Å². The maximum atomic E-state index is 14.0. The van der Waals surface area contributed by atoms with Crippen molar-refractivity contribution in [3.8, 4) is 23.0 Å². The van der Waals surface area contributed by atoms with Gasteiger partial charge in [-0.2, -0.15) is 5.10 Å². The van der Waals surface area contributed by atoms with Crippen molar-refractivity contribution in [1.29, 1.82) is 0 Å². The molecule has 0 bridgehead atoms. The maximum absolute atomic E-state index is 14.0. The van der Waals surface area contributed by atoms with Crippen molar-refractivity contribution >= 4 is 35.7 Å². The average Bonchev–Trinajstić information content (AvgIpc) is 3.04. The predicted octanol–water partition coefficient (Wildman–Crippen LogP) is 5.19. The fourth-order valence-corrected chi connectivity index (χ4v) is 4.87. The number of esters is 1. The van der Waals surface area contributed by atoms with Crippen LogP contribution in [0.15, 0.2) is 71.0 Å². The van der Waals surface area contributed by atoms with Gasteiger partial charge in [0, 0.05) is 11.3 Å². The van der Waals surface area contributed by atoms with Gasteiger partial charge in [-0.25, -0.2) is 19.4 Å². The van der Waals surface area contributed by atoms with Crippen LogP contribution in [0.3, 0.4) is 0 Å². The third-order valence-electron chi connectivity index (χ3n) is 6.71. The third-order valence-corrected chi connectivity index (χ3v) is 6.99. The number of hydrogen-bond acceptors (Lipinski definition) is 9. The summed E-state index contributed by atoms with van der Waals surface area (Å²) in [6, 6.07) is 13.0. The zero-order valence-corrected chi connectivity index (χ0v) is 26.9. The first-order chi connectivity index (χ1) is 22.6. The molecule has 0 saturated carbocycles. The molecule has 12 nitrogen and oxygen atoms in total. The summed E-state index contributed by atoms with van der Waals surface area (Å²) in [7, 11) is 1.42. The van der Waals surface area contributed by atoms with E-state index in [0.29, 0.717) is 34.7 Å². The Morgan fingerprint density at radius 2 is 1.81 bits per heavy atom. The van der Waals surface area contributed by atoms with Crippen LogP contribution < -0.4 is 35.0 Å². The van der Waals surface area contributed by atoms with Crippen LogP contribution in [0.2, 0.25) is 5.02 Å². The zero-order valence-electron chi connectivity index (χ0n) is 26.1. The third kappa shape index (κ3) is 8.91. The number of hydrazone groups is 1. The molecule has 0 aliphatic carbocycles. The van der Waals surface area contributed by atoms with Crippen LogP contribution in [-0.2, 0) is 20.9 Å². The normalized spacial score (nSPS) is 14.3. The van der Waals surface area contributed by atoms with Crippen LogP contribution in [0, 0.1) is 5.82 Å². The molecular formula is C33H34ClFN4O8. The molecule has 1 heterocycles. The topological polar surface area (TPSA) is 146 Å². The lowest BCUT2D eigenvalue weighted by Gasteiger charge is -2.28. The number of ether oxygens (including phenoxy) is 5. The van der Waals surface area contributed by atoms with Gasteiger partial charge >= 0.3 is 12.0 Å². The summed E-state index contributed by atoms with van der Waals surface area (Å²) < 4.78 is 41.7. The van der Waals surface area contributed by atoms with Crippen LogP contribution in [-0.4, -0.2) is 51.1 Å². The summed E-state index contributed by atoms with van der Waals surface area (Å²) in [4.78, 5) is 37.3. The molecule has 0 aromatic heterocycles. The largest absolute Gasteiger partial charge is 0.493 e. The van der Waals surface area contributed by atoms with Crippen molar-refractivity contribution in [3.63, 3.8) is 0 Å². The van der Waals surface area contributed by atoms with Crippen molar-refractivity contribution in [2.45, 2.75) is 33.4 Å². The Bertz CT molecular complexity index is 1700. The SMILES string of the molecule is CCOC(=O)C1=C(C)NC(=O)N[C@@H]1c1ccc(OCC(=O)N/N=C\c2cc(Cl)c(OCc3ccccc3F)c(OCC)c2)c(OC)c1. The Balaban J connectivity index is 1.39. The first kappa shape index (κ1) is 34.6. The minimum absolute atomic E-state index is 0.0521. The Morgan fingerprint density at radius 1 is 1.02 bits per heavy atom. The molecule has 0 saturated heterocycles. The van der Waals surface area contributed by atoms with E-state index in [1.807, 2.05) is 0 Å². The van der Waals surface area contributed by atoms with Crippen LogP contribution in [0.25, 0.3) is 0 Å². The average molecular weight is 669 g/mol. The highest BCUT2D eigenvalue weighted by atomic mass is 35.5. The van der Waals surface area contributed by atoms with Gasteiger partial charge < -0.3 is 34.3 Å². The standard InChI is InChI=1S/C33H34ClFN4O8/c1-5-44-27-14-20(13-23(34)31(27)47-17-22-9-7-8-10-24(22)35)16-36-39-28(40)18-46-25-12-11-21(15-26(25)43-4)30-29(32(41)45-6-2)19(3)37-33(42)38-30/h7-16,30H,5-6,17-18H2,1-4H3,(H,39,40)(H2,37,38,42)/b36-16-/t30-/m1/s1. The molecule has 3 aromatic rings. The van der Waals surface area contributed by atoms with Gasteiger partial charge in [0.15, 0.2) is 29.6 Å². The van der Waals surface area contributed by atoms with Crippen molar-refractivity contribution in [3.05, 3.63) is 93.4 Å². The molecule has 0 fully saturated rings. The van der Waals surface area contributed by atoms with Gasteiger partial charge in [-0.3, -0.25) is 4.79 Å². The number of benzene rings is 3. The Kier molecular flexibility index (Phi) is 12.0. The lowest BCUT2D eigenvalue weighted by atomic mass is 9.95. The predicted molar refractivity (Wildman–Crippen MR) is 171 cm³/mol. The van der Waals surface area contributed by atoms with Gasteiger partial charge in [-0.05, 0) is 62.2 Å². The van der Waals surface area contributed by atoms with Gasteiger partial charge in [0.1, 0.15) is 12.4 Å². The number of carbonyl (C=O) groups is 3. The van der Waals surface area contributed by atoms with E-state index in [-0.39, 0.29) is 41.1 Å². The van der Waals surface area contributed by atoms with Crippen LogP contribution in [0.5, 0.6) is 23.0 Å². The number of rotatable bonds is 14. The second-order valence-corrected chi connectivity index (χ2v) is 10.3. The molecule has 1 aliphatic heterocycles. The summed E-state index contributed by atoms with van der Waals surface area (Å²) in [5.74, 6) is -0.452. The van der Waals surface area contributed by atoms with Crippen molar-refractivity contribution < 1.29 is 42.5 Å². The first-order valence-electron chi connectivity index (χ1n) is 14.6. The van der Waals surface area contributed by atoms with E-state index >= 15 is 0 Å². The quantitative estimate of drug-likeness (QED) is 0.121. The van der Waals surface area contributed by atoms with E-state index in [9.17, 15) is 18.8 Å². The van der Waals surface area contributed by atoms with Crippen LogP contribution in [0.1, 0.15) is 43.5 Å². The number of nitrogens with one attached hydrogen (secondary N) is 3. The molecule has 47 heavy (non-hydrogen) atoms. The van der Waals surface area contributed by atoms with E-state index in [4.69, 9.17) is 35.3 Å². The van der Waals surface area contributed by atoms with E-state index in [1.54, 1.807) is 69.3 Å². The number of allylic oxidation sites excluding steroid dienone is 1. The van der Waals surface area contributed by atoms with Crippen molar-refractivity contribution in [2.24, 2.45) is 5.10 Å². The number of nitrogens with zero attached hydrogens (tertiary/aromatic N) is 1. The molecule has 4 rings (SSSR count). The van der Waals surface area contributed by atoms with Gasteiger partial charge in [0.05, 0.1) is 43.2 Å². The smallest absolute Gasteiger partial charge is 0.338 e. The van der Waals surface area contributed by atoms with E-state index in [1.165, 1.54) is 19.4 Å². The van der Waals surface area contributed by atoms with Crippen LogP contribution in [0.4, 0.5) is 9.18 Å². The lowest BCUT2D eigenvalue weighted by molar-refractivity contribution is -0.139. The van der Waals surface area contributed by atoms with E-state index in [2.05, 4.69) is 21.2 Å². The summed E-state index contributed by atoms with van der Waals surface area (Å²) in [6.07, 6.45) is 1.37. The maximum Gasteiger partial charge on any atom is 0.338 e. The fourth-order valence-electron chi connectivity index (χ4n) is 4.59. The van der Waals surface area contributed by atoms with E-state index in [0.717, 1.165) is 0 Å². The van der Waals surface area contributed by atoms with Crippen molar-refractivity contribution in [1.82, 2.24) is 16.1 Å². The number of urea groups is 1. The molecule has 0 unspecified atom stereocenters. The zero-order chi connectivity index (χ0) is 33.9. The van der Waals surface area contributed by atoms with Gasteiger partial charge in [-0.15, -0.1) is 0 Å². The Morgan fingerprint density at radius 3 is 2.53 bits per heavy atom. The van der Waals surface area contributed by atoms with Crippen LogP contribution >= 0.6 is 11.6 Å². The Labute approximate surface area is 275 Å². The van der Waals surface area contributed by atoms with Gasteiger partial charge in [0.2, 0.25) is 0 Å². The molecule has 14 heteroatoms. The lowest BCUT2D eigenvalue weighted by Crippen LogP contribution is -2.45. The highest BCUT2D eigenvalue weighted by Gasteiger charge is 2.32. The number of carbonyl (C=O) groups excluding carboxylic acids is 3. The molecule has 1 atom stereocenters. The molecule has 0 spiro atoms. The molecule has 3 amide bonds. The molecule has 3 N–H and O–H groups in total. The second kappa shape index (κ2) is 16.3. The van der Waals surface area contributed by atoms with E-state index < -0.39 is 36.4 Å². The highest BCUT2D eigenvalue weighted by Crippen LogP contribution is 2.37. The summed E-state index contributed by atoms with van der Waals surface area (Å²) in [6.45, 7) is 5.12. The molecule has 1 aliphatic rings. The molecule has 3 aromatic carbocycles. The summed E-state index contributed by atoms with van der Waals surface area (Å²) in [5, 5.41) is 9.48. The number of halogens is 2. The number of hydrogen-bond donors (Lipinski definition) is 3. The number of amides is 3. The highest BCUT2D eigenvalue weighted by molar-refractivity contribution is 6.32. The first-order valence-corrected chi connectivity index (χ1v) is 14.9. The monoisotopic (exact) mass is 668 g/mol. The summed E-state index contributed by atoms with van der Waals surface area (Å²) >= 11 is 6.45. The molecule has 0 radical (unpaired) electrons.